The maximum Gasteiger partial charge on any atom is 0.243 e. The first-order valence-electron chi connectivity index (χ1n) is 7.40. The number of carbonyl (C=O) groups excluding carboxylic acids is 1. The van der Waals surface area contributed by atoms with Crippen molar-refractivity contribution in [1.82, 2.24) is 0 Å². The van der Waals surface area contributed by atoms with Crippen LogP contribution in [0.15, 0.2) is 42.5 Å². The third-order valence-corrected chi connectivity index (χ3v) is 3.85. The Hall–Kier alpha value is -2.80. The van der Waals surface area contributed by atoms with Gasteiger partial charge in [-0.1, -0.05) is 6.07 Å². The number of rotatable bonds is 4. The van der Waals surface area contributed by atoms with Crippen LogP contribution in [0.1, 0.15) is 23.1 Å². The zero-order chi connectivity index (χ0) is 15.4. The van der Waals surface area contributed by atoms with Crippen molar-refractivity contribution in [3.8, 4) is 6.07 Å². The number of nitriles is 1. The molecule has 0 fully saturated rings. The van der Waals surface area contributed by atoms with Crippen molar-refractivity contribution in [1.29, 1.82) is 5.26 Å². The normalized spacial score (nSPS) is 12.3. The van der Waals surface area contributed by atoms with Gasteiger partial charge >= 0.3 is 0 Å². The second-order valence-corrected chi connectivity index (χ2v) is 5.43. The molecule has 110 valence electrons. The number of nitrogens with zero attached hydrogens (tertiary/aromatic N) is 1. The van der Waals surface area contributed by atoms with Gasteiger partial charge in [0.25, 0.3) is 0 Å². The number of benzene rings is 2. The smallest absolute Gasteiger partial charge is 0.243 e. The Bertz CT molecular complexity index is 729. The van der Waals surface area contributed by atoms with Gasteiger partial charge in [0.2, 0.25) is 5.91 Å². The largest absolute Gasteiger partial charge is 0.376 e. The van der Waals surface area contributed by atoms with Gasteiger partial charge in [0.15, 0.2) is 0 Å². The van der Waals surface area contributed by atoms with E-state index >= 15 is 0 Å². The first-order chi connectivity index (χ1) is 10.7. The molecule has 0 aromatic heterocycles. The van der Waals surface area contributed by atoms with Crippen LogP contribution in [0.5, 0.6) is 0 Å². The highest BCUT2D eigenvalue weighted by atomic mass is 16.1. The third-order valence-electron chi connectivity index (χ3n) is 3.85. The quantitative estimate of drug-likeness (QED) is 0.909. The number of carbonyl (C=O) groups is 1. The lowest BCUT2D eigenvalue weighted by Crippen LogP contribution is -2.21. The minimum Gasteiger partial charge on any atom is -0.376 e. The summed E-state index contributed by atoms with van der Waals surface area (Å²) in [5, 5.41) is 14.7. The fourth-order valence-electron chi connectivity index (χ4n) is 2.70. The highest BCUT2D eigenvalue weighted by Gasteiger charge is 2.11. The van der Waals surface area contributed by atoms with Gasteiger partial charge in [0.1, 0.15) is 0 Å². The summed E-state index contributed by atoms with van der Waals surface area (Å²) in [5.41, 5.74) is 5.02. The number of aryl methyl sites for hydroxylation is 2. The number of nitrogens with one attached hydrogen (secondary N) is 2. The Balaban J connectivity index is 1.55. The van der Waals surface area contributed by atoms with Crippen LogP contribution in [-0.4, -0.2) is 12.5 Å². The average molecular weight is 291 g/mol. The minimum absolute atomic E-state index is 0.0812. The first kappa shape index (κ1) is 14.2. The third kappa shape index (κ3) is 3.26. The molecule has 4 nitrogen and oxygen atoms in total. The summed E-state index contributed by atoms with van der Waals surface area (Å²) in [7, 11) is 0. The van der Waals surface area contributed by atoms with Crippen molar-refractivity contribution in [3.63, 3.8) is 0 Å². The summed E-state index contributed by atoms with van der Waals surface area (Å²) in [6, 6.07) is 15.2. The molecule has 2 aromatic rings. The van der Waals surface area contributed by atoms with Crippen LogP contribution in [-0.2, 0) is 17.6 Å². The van der Waals surface area contributed by atoms with E-state index < -0.39 is 0 Å². The molecule has 4 heteroatoms. The van der Waals surface area contributed by atoms with Crippen molar-refractivity contribution in [2.45, 2.75) is 19.3 Å². The second kappa shape index (κ2) is 6.31. The maximum atomic E-state index is 12.0. The van der Waals surface area contributed by atoms with E-state index in [4.69, 9.17) is 5.26 Å². The Morgan fingerprint density at radius 2 is 1.77 bits per heavy atom. The number of anilines is 2. The van der Waals surface area contributed by atoms with E-state index in [9.17, 15) is 4.79 Å². The van der Waals surface area contributed by atoms with Crippen LogP contribution in [0.3, 0.4) is 0 Å². The van der Waals surface area contributed by atoms with Crippen LogP contribution >= 0.6 is 0 Å². The molecular formula is C18H17N3O. The molecule has 0 saturated carbocycles. The van der Waals surface area contributed by atoms with Crippen LogP contribution in [0, 0.1) is 11.3 Å². The van der Waals surface area contributed by atoms with Crippen LogP contribution < -0.4 is 10.6 Å². The molecule has 0 radical (unpaired) electrons. The van der Waals surface area contributed by atoms with Gasteiger partial charge in [-0.25, -0.2) is 0 Å². The van der Waals surface area contributed by atoms with Crippen molar-refractivity contribution >= 4 is 17.3 Å². The van der Waals surface area contributed by atoms with Gasteiger partial charge in [-0.05, 0) is 66.8 Å². The molecule has 0 unspecified atom stereocenters. The molecule has 0 spiro atoms. The zero-order valence-corrected chi connectivity index (χ0v) is 12.2. The van der Waals surface area contributed by atoms with Crippen molar-refractivity contribution in [2.24, 2.45) is 0 Å². The number of fused-ring (bicyclic) bond motifs is 1. The lowest BCUT2D eigenvalue weighted by atomic mass is 10.1. The molecular weight excluding hydrogens is 274 g/mol. The molecule has 2 N–H and O–H groups in total. The summed E-state index contributed by atoms with van der Waals surface area (Å²) in [4.78, 5) is 12.0. The van der Waals surface area contributed by atoms with Gasteiger partial charge in [-0.3, -0.25) is 4.79 Å². The predicted octanol–water partition coefficient (Wildman–Crippen LogP) is 3.10. The second-order valence-electron chi connectivity index (χ2n) is 5.43. The molecule has 0 saturated heterocycles. The Labute approximate surface area is 129 Å². The first-order valence-corrected chi connectivity index (χ1v) is 7.40. The maximum absolute atomic E-state index is 12.0. The van der Waals surface area contributed by atoms with Crippen LogP contribution in [0.25, 0.3) is 0 Å². The molecule has 2 aromatic carbocycles. The van der Waals surface area contributed by atoms with Gasteiger partial charge < -0.3 is 10.6 Å². The highest BCUT2D eigenvalue weighted by molar-refractivity contribution is 5.93. The molecule has 22 heavy (non-hydrogen) atoms. The fraction of sp³-hybridized carbons (Fsp3) is 0.222. The van der Waals surface area contributed by atoms with Crippen molar-refractivity contribution in [3.05, 3.63) is 59.2 Å². The Kier molecular flexibility index (Phi) is 4.06. The van der Waals surface area contributed by atoms with Crippen molar-refractivity contribution < 1.29 is 4.79 Å². The van der Waals surface area contributed by atoms with E-state index in [1.165, 1.54) is 17.5 Å². The summed E-state index contributed by atoms with van der Waals surface area (Å²) in [5.74, 6) is -0.0812. The van der Waals surface area contributed by atoms with Crippen LogP contribution in [0.2, 0.25) is 0 Å². The fourth-order valence-corrected chi connectivity index (χ4v) is 2.70. The van der Waals surface area contributed by atoms with E-state index in [1.54, 1.807) is 24.3 Å². The zero-order valence-electron chi connectivity index (χ0n) is 12.2. The molecule has 0 aliphatic heterocycles. The molecule has 0 bridgehead atoms. The summed E-state index contributed by atoms with van der Waals surface area (Å²) in [6.45, 7) is 0.197. The van der Waals surface area contributed by atoms with E-state index in [2.05, 4.69) is 28.8 Å². The van der Waals surface area contributed by atoms with Gasteiger partial charge in [0, 0.05) is 11.4 Å². The Morgan fingerprint density at radius 3 is 2.55 bits per heavy atom. The van der Waals surface area contributed by atoms with E-state index in [-0.39, 0.29) is 12.5 Å². The summed E-state index contributed by atoms with van der Waals surface area (Å²) in [6.07, 6.45) is 3.44. The lowest BCUT2D eigenvalue weighted by Gasteiger charge is -2.09. The Morgan fingerprint density at radius 1 is 1.05 bits per heavy atom. The van der Waals surface area contributed by atoms with Gasteiger partial charge in [0.05, 0.1) is 18.2 Å². The van der Waals surface area contributed by atoms with Crippen LogP contribution in [0.4, 0.5) is 11.4 Å². The molecule has 0 heterocycles. The molecule has 1 amide bonds. The predicted molar refractivity (Wildman–Crippen MR) is 86.7 cm³/mol. The van der Waals surface area contributed by atoms with Gasteiger partial charge in [-0.2, -0.15) is 5.26 Å². The highest BCUT2D eigenvalue weighted by Crippen LogP contribution is 2.24. The summed E-state index contributed by atoms with van der Waals surface area (Å²) >= 11 is 0. The van der Waals surface area contributed by atoms with E-state index in [1.807, 2.05) is 6.07 Å². The molecule has 0 atom stereocenters. The monoisotopic (exact) mass is 291 g/mol. The number of amides is 1. The molecule has 1 aliphatic rings. The number of hydrogen-bond donors (Lipinski definition) is 2. The van der Waals surface area contributed by atoms with Crippen molar-refractivity contribution in [2.75, 3.05) is 17.2 Å². The lowest BCUT2D eigenvalue weighted by molar-refractivity contribution is -0.114. The van der Waals surface area contributed by atoms with E-state index in [0.29, 0.717) is 5.56 Å². The van der Waals surface area contributed by atoms with Gasteiger partial charge in [-0.15, -0.1) is 0 Å². The minimum atomic E-state index is -0.0812. The molecule has 1 aliphatic carbocycles. The van der Waals surface area contributed by atoms with E-state index in [0.717, 1.165) is 24.2 Å². The molecule has 3 rings (SSSR count). The standard InChI is InChI=1S/C18H17N3O/c19-11-13-4-7-16(8-5-13)20-12-18(22)21-17-9-6-14-2-1-3-15(14)10-17/h4-10,20H,1-3,12H2,(H,21,22). The number of hydrogen-bond acceptors (Lipinski definition) is 3. The topological polar surface area (TPSA) is 64.9 Å². The average Bonchev–Trinajstić information content (AvgIpc) is 3.01. The summed E-state index contributed by atoms with van der Waals surface area (Å²) < 4.78 is 0. The SMILES string of the molecule is N#Cc1ccc(NCC(=O)Nc2ccc3c(c2)CCC3)cc1.